The molecule has 0 amide bonds. The lowest BCUT2D eigenvalue weighted by Gasteiger charge is -2.27. The fourth-order valence-electron chi connectivity index (χ4n) is 2.11. The molecule has 0 heterocycles. The Morgan fingerprint density at radius 1 is 1.08 bits per heavy atom. The molecule has 0 fully saturated rings. The largest absolute Gasteiger partial charge is 0.457 e. The Kier molecular flexibility index (Phi) is 7.11. The third-order valence-corrected chi connectivity index (χ3v) is 4.92. The maximum absolute atomic E-state index is 10.7. The SMILES string of the molecule is OC(CCl)(CC(Cl)=CCl)c1ccc(Oc2ccc(Cl)cc2)cc1Cl. The highest BCUT2D eigenvalue weighted by Gasteiger charge is 2.31. The van der Waals surface area contributed by atoms with Gasteiger partial charge in [0.2, 0.25) is 0 Å². The van der Waals surface area contributed by atoms with Gasteiger partial charge >= 0.3 is 0 Å². The van der Waals surface area contributed by atoms with Crippen LogP contribution < -0.4 is 4.74 Å². The van der Waals surface area contributed by atoms with Gasteiger partial charge in [0, 0.05) is 27.6 Å². The topological polar surface area (TPSA) is 29.5 Å². The summed E-state index contributed by atoms with van der Waals surface area (Å²) in [7, 11) is 0. The number of rotatable bonds is 6. The number of aliphatic hydroxyl groups is 1. The Bertz CT molecular complexity index is 730. The van der Waals surface area contributed by atoms with Crippen LogP contribution in [0, 0.1) is 0 Å². The predicted octanol–water partition coefficient (Wildman–Crippen LogP) is 6.92. The predicted molar refractivity (Wildman–Crippen MR) is 102 cm³/mol. The molecule has 0 aliphatic carbocycles. The minimum Gasteiger partial charge on any atom is -0.457 e. The summed E-state index contributed by atoms with van der Waals surface area (Å²) in [5, 5.41) is 11.9. The van der Waals surface area contributed by atoms with Crippen LogP contribution in [0.5, 0.6) is 11.5 Å². The Balaban J connectivity index is 2.26. The quantitative estimate of drug-likeness (QED) is 0.508. The van der Waals surface area contributed by atoms with Crippen LogP contribution in [-0.4, -0.2) is 11.0 Å². The Hall–Kier alpha value is -0.610. The standard InChI is InChI=1S/C17H13Cl5O2/c18-9-12(21)8-17(23,10-19)15-6-5-14(7-16(15)22)24-13-3-1-11(20)2-4-13/h1-7,9,23H,8,10H2. The van der Waals surface area contributed by atoms with Gasteiger partial charge in [-0.3, -0.25) is 0 Å². The summed E-state index contributed by atoms with van der Waals surface area (Å²) in [5.74, 6) is 1.04. The van der Waals surface area contributed by atoms with E-state index in [1.165, 1.54) is 5.54 Å². The van der Waals surface area contributed by atoms with E-state index in [1.54, 1.807) is 42.5 Å². The second kappa shape index (κ2) is 8.66. The van der Waals surface area contributed by atoms with E-state index in [0.717, 1.165) is 0 Å². The van der Waals surface area contributed by atoms with Crippen molar-refractivity contribution >= 4 is 58.0 Å². The first-order valence-electron chi connectivity index (χ1n) is 6.84. The minimum atomic E-state index is -1.43. The first kappa shape index (κ1) is 19.7. The number of halogens is 5. The van der Waals surface area contributed by atoms with E-state index in [0.29, 0.717) is 27.1 Å². The summed E-state index contributed by atoms with van der Waals surface area (Å²) in [6.07, 6.45) is 0.0542. The maximum Gasteiger partial charge on any atom is 0.128 e. The number of hydrogen-bond acceptors (Lipinski definition) is 2. The molecular weight excluding hydrogens is 413 g/mol. The van der Waals surface area contributed by atoms with Crippen LogP contribution >= 0.6 is 58.0 Å². The smallest absolute Gasteiger partial charge is 0.128 e. The highest BCUT2D eigenvalue weighted by molar-refractivity contribution is 6.36. The molecule has 0 aliphatic heterocycles. The van der Waals surface area contributed by atoms with Crippen LogP contribution in [0.4, 0.5) is 0 Å². The average Bonchev–Trinajstić information content (AvgIpc) is 2.56. The van der Waals surface area contributed by atoms with Gasteiger partial charge in [-0.1, -0.05) is 52.5 Å². The van der Waals surface area contributed by atoms with Crippen LogP contribution in [0.2, 0.25) is 10.0 Å². The van der Waals surface area contributed by atoms with Crippen molar-refractivity contribution in [2.75, 3.05) is 5.88 Å². The van der Waals surface area contributed by atoms with E-state index in [1.807, 2.05) is 0 Å². The van der Waals surface area contributed by atoms with E-state index >= 15 is 0 Å². The maximum atomic E-state index is 10.7. The summed E-state index contributed by atoms with van der Waals surface area (Å²) in [5.41, 5.74) is 0.199. The third kappa shape index (κ3) is 4.95. The fourth-order valence-corrected chi connectivity index (χ4v) is 3.12. The molecule has 0 radical (unpaired) electrons. The molecule has 0 spiro atoms. The van der Waals surface area contributed by atoms with Crippen molar-refractivity contribution < 1.29 is 9.84 Å². The van der Waals surface area contributed by atoms with Gasteiger partial charge in [0.1, 0.15) is 17.1 Å². The highest BCUT2D eigenvalue weighted by atomic mass is 35.5. The van der Waals surface area contributed by atoms with E-state index in [9.17, 15) is 5.11 Å². The molecule has 0 saturated carbocycles. The van der Waals surface area contributed by atoms with Crippen molar-refractivity contribution in [2.24, 2.45) is 0 Å². The molecule has 128 valence electrons. The normalized spacial score (nSPS) is 14.3. The lowest BCUT2D eigenvalue weighted by molar-refractivity contribution is 0.0634. The number of alkyl halides is 1. The molecule has 24 heavy (non-hydrogen) atoms. The first-order valence-corrected chi connectivity index (χ1v) is 8.95. The lowest BCUT2D eigenvalue weighted by atomic mass is 9.92. The molecule has 0 saturated heterocycles. The average molecular weight is 427 g/mol. The molecule has 1 unspecified atom stereocenters. The molecule has 2 nitrogen and oxygen atoms in total. The van der Waals surface area contributed by atoms with Gasteiger partial charge in [0.15, 0.2) is 0 Å². The van der Waals surface area contributed by atoms with Crippen LogP contribution in [0.15, 0.2) is 53.0 Å². The second-order valence-corrected chi connectivity index (χ2v) is 6.91. The van der Waals surface area contributed by atoms with Crippen LogP contribution in [0.3, 0.4) is 0 Å². The molecule has 1 atom stereocenters. The van der Waals surface area contributed by atoms with Gasteiger partial charge in [-0.05, 0) is 36.4 Å². The number of hydrogen-bond donors (Lipinski definition) is 1. The lowest BCUT2D eigenvalue weighted by Crippen LogP contribution is -2.28. The Labute approximate surface area is 165 Å². The van der Waals surface area contributed by atoms with E-state index in [2.05, 4.69) is 0 Å². The highest BCUT2D eigenvalue weighted by Crippen LogP contribution is 2.38. The van der Waals surface area contributed by atoms with Gasteiger partial charge in [-0.25, -0.2) is 0 Å². The zero-order chi connectivity index (χ0) is 17.7. The van der Waals surface area contributed by atoms with Gasteiger partial charge in [0.05, 0.1) is 10.9 Å². The summed E-state index contributed by atoms with van der Waals surface area (Å²) >= 11 is 29.5. The summed E-state index contributed by atoms with van der Waals surface area (Å²) in [6.45, 7) is 0. The summed E-state index contributed by atoms with van der Waals surface area (Å²) in [4.78, 5) is 0. The molecule has 0 aliphatic rings. The van der Waals surface area contributed by atoms with Crippen molar-refractivity contribution in [3.05, 3.63) is 68.6 Å². The van der Waals surface area contributed by atoms with Crippen LogP contribution in [-0.2, 0) is 5.60 Å². The van der Waals surface area contributed by atoms with Crippen molar-refractivity contribution in [3.63, 3.8) is 0 Å². The van der Waals surface area contributed by atoms with Crippen LogP contribution in [0.25, 0.3) is 0 Å². The summed E-state index contributed by atoms with van der Waals surface area (Å²) < 4.78 is 5.70. The molecule has 2 aromatic rings. The third-order valence-electron chi connectivity index (χ3n) is 3.29. The zero-order valence-electron chi connectivity index (χ0n) is 12.3. The van der Waals surface area contributed by atoms with E-state index in [4.69, 9.17) is 62.7 Å². The van der Waals surface area contributed by atoms with Crippen molar-refractivity contribution in [3.8, 4) is 11.5 Å². The Morgan fingerprint density at radius 3 is 2.25 bits per heavy atom. The fraction of sp³-hybridized carbons (Fsp3) is 0.176. The molecule has 7 heteroatoms. The minimum absolute atomic E-state index is 0.0542. The molecular formula is C17H13Cl5O2. The number of ether oxygens (including phenoxy) is 1. The van der Waals surface area contributed by atoms with Gasteiger partial charge in [-0.15, -0.1) is 11.6 Å². The van der Waals surface area contributed by atoms with Gasteiger partial charge in [-0.2, -0.15) is 0 Å². The van der Waals surface area contributed by atoms with Gasteiger partial charge in [0.25, 0.3) is 0 Å². The van der Waals surface area contributed by atoms with Gasteiger partial charge < -0.3 is 9.84 Å². The van der Waals surface area contributed by atoms with E-state index < -0.39 is 5.60 Å². The molecule has 0 bridgehead atoms. The first-order chi connectivity index (χ1) is 11.4. The van der Waals surface area contributed by atoms with Crippen molar-refractivity contribution in [2.45, 2.75) is 12.0 Å². The number of benzene rings is 2. The molecule has 2 rings (SSSR count). The Morgan fingerprint density at radius 2 is 1.71 bits per heavy atom. The van der Waals surface area contributed by atoms with Crippen LogP contribution in [0.1, 0.15) is 12.0 Å². The van der Waals surface area contributed by atoms with E-state index in [-0.39, 0.29) is 17.3 Å². The second-order valence-electron chi connectivity index (χ2n) is 5.10. The summed E-state index contributed by atoms with van der Waals surface area (Å²) in [6, 6.07) is 11.9. The molecule has 1 N–H and O–H groups in total. The monoisotopic (exact) mass is 424 g/mol. The van der Waals surface area contributed by atoms with Crippen molar-refractivity contribution in [1.82, 2.24) is 0 Å². The zero-order valence-corrected chi connectivity index (χ0v) is 16.1. The molecule has 0 aromatic heterocycles. The van der Waals surface area contributed by atoms with Crippen molar-refractivity contribution in [1.29, 1.82) is 0 Å². The molecule has 2 aromatic carbocycles.